The van der Waals surface area contributed by atoms with Crippen molar-refractivity contribution in [2.45, 2.75) is 19.8 Å². The molecule has 3 nitrogen and oxygen atoms in total. The first-order valence-electron chi connectivity index (χ1n) is 6.14. The first-order chi connectivity index (χ1) is 9.08. The average molecular weight is 276 g/mol. The van der Waals surface area contributed by atoms with Gasteiger partial charge in [-0.05, 0) is 44.0 Å². The van der Waals surface area contributed by atoms with E-state index >= 15 is 0 Å². The Morgan fingerprint density at radius 3 is 2.37 bits per heavy atom. The van der Waals surface area contributed by atoms with Gasteiger partial charge in [0.15, 0.2) is 0 Å². The van der Waals surface area contributed by atoms with E-state index < -0.39 is 0 Å². The molecule has 1 aliphatic rings. The number of allylic oxidation sites excluding steroid dienone is 2. The van der Waals surface area contributed by atoms with Crippen molar-refractivity contribution >= 4 is 11.6 Å². The molecule has 0 radical (unpaired) electrons. The van der Waals surface area contributed by atoms with Crippen LogP contribution in [0.2, 0.25) is 5.02 Å². The first kappa shape index (κ1) is 12.2. The van der Waals surface area contributed by atoms with Gasteiger partial charge in [-0.1, -0.05) is 23.3 Å². The zero-order valence-electron chi connectivity index (χ0n) is 10.5. The van der Waals surface area contributed by atoms with Crippen LogP contribution in [0.4, 0.5) is 0 Å². The molecular weight excluding hydrogens is 262 g/mol. The Kier molecular flexibility index (Phi) is 2.79. The summed E-state index contributed by atoms with van der Waals surface area (Å²) in [6.45, 7) is 2.03. The number of hydrogen-bond donors (Lipinski definition) is 2. The van der Waals surface area contributed by atoms with Crippen molar-refractivity contribution < 1.29 is 10.2 Å². The summed E-state index contributed by atoms with van der Waals surface area (Å²) < 4.78 is 1.47. The number of hydrogen-bond acceptors (Lipinski definition) is 2. The van der Waals surface area contributed by atoms with Gasteiger partial charge in [-0.2, -0.15) is 0 Å². The van der Waals surface area contributed by atoms with Crippen LogP contribution in [-0.4, -0.2) is 14.8 Å². The van der Waals surface area contributed by atoms with Crippen LogP contribution >= 0.6 is 11.6 Å². The number of rotatable bonds is 1. The molecule has 2 N–H and O–H groups in total. The van der Waals surface area contributed by atoms with Gasteiger partial charge in [-0.3, -0.25) is 4.57 Å². The lowest BCUT2D eigenvalue weighted by Gasteiger charge is -2.09. The smallest absolute Gasteiger partial charge is 0.202 e. The van der Waals surface area contributed by atoms with E-state index in [1.165, 1.54) is 10.1 Å². The third-order valence-corrected chi connectivity index (χ3v) is 3.77. The van der Waals surface area contributed by atoms with Crippen molar-refractivity contribution in [1.29, 1.82) is 0 Å². The SMILES string of the molecule is CC1=CCc2c(c(O)n(-c3ccc(Cl)cc3)c2O)C1. The molecule has 1 aromatic heterocycles. The van der Waals surface area contributed by atoms with E-state index in [9.17, 15) is 10.2 Å². The maximum Gasteiger partial charge on any atom is 0.202 e. The molecule has 0 unspecified atom stereocenters. The normalized spacial score (nSPS) is 14.1. The maximum absolute atomic E-state index is 10.3. The Morgan fingerprint density at radius 2 is 1.68 bits per heavy atom. The lowest BCUT2D eigenvalue weighted by molar-refractivity contribution is 0.400. The highest BCUT2D eigenvalue weighted by molar-refractivity contribution is 6.30. The fraction of sp³-hybridized carbons (Fsp3) is 0.200. The standard InChI is InChI=1S/C15H14ClNO2/c1-9-2-7-12-13(8-9)15(19)17(14(12)18)11-5-3-10(16)4-6-11/h2-6,18-19H,7-8H2,1H3. The third-order valence-electron chi connectivity index (χ3n) is 3.52. The summed E-state index contributed by atoms with van der Waals surface area (Å²) in [6, 6.07) is 7.01. The van der Waals surface area contributed by atoms with Gasteiger partial charge in [-0.15, -0.1) is 0 Å². The van der Waals surface area contributed by atoms with Crippen LogP contribution in [0.1, 0.15) is 18.1 Å². The zero-order chi connectivity index (χ0) is 13.6. The van der Waals surface area contributed by atoms with Crippen molar-refractivity contribution in [3.05, 3.63) is 52.1 Å². The number of aromatic hydroxyl groups is 2. The van der Waals surface area contributed by atoms with Gasteiger partial charge in [-0.25, -0.2) is 0 Å². The van der Waals surface area contributed by atoms with Gasteiger partial charge in [0.1, 0.15) is 0 Å². The largest absolute Gasteiger partial charge is 0.494 e. The van der Waals surface area contributed by atoms with Gasteiger partial charge < -0.3 is 10.2 Å². The molecule has 0 atom stereocenters. The van der Waals surface area contributed by atoms with Crippen LogP contribution in [0.5, 0.6) is 11.8 Å². The van der Waals surface area contributed by atoms with E-state index in [1.54, 1.807) is 24.3 Å². The molecule has 3 rings (SSSR count). The Morgan fingerprint density at radius 1 is 1.05 bits per heavy atom. The fourth-order valence-electron chi connectivity index (χ4n) is 2.50. The Hall–Kier alpha value is -1.87. The zero-order valence-corrected chi connectivity index (χ0v) is 11.3. The van der Waals surface area contributed by atoms with E-state index in [0.29, 0.717) is 23.6 Å². The van der Waals surface area contributed by atoms with Crippen LogP contribution in [-0.2, 0) is 12.8 Å². The topological polar surface area (TPSA) is 45.4 Å². The third kappa shape index (κ3) is 1.90. The Labute approximate surface area is 116 Å². The number of aromatic nitrogens is 1. The Balaban J connectivity index is 2.16. The van der Waals surface area contributed by atoms with E-state index in [4.69, 9.17) is 11.6 Å². The van der Waals surface area contributed by atoms with Crippen molar-refractivity contribution in [1.82, 2.24) is 4.57 Å². The Bertz CT molecular complexity index is 668. The van der Waals surface area contributed by atoms with E-state index in [0.717, 1.165) is 11.1 Å². The molecule has 1 heterocycles. The van der Waals surface area contributed by atoms with Crippen LogP contribution < -0.4 is 0 Å². The van der Waals surface area contributed by atoms with Crippen molar-refractivity contribution in [3.63, 3.8) is 0 Å². The lowest BCUT2D eigenvalue weighted by atomic mass is 9.96. The van der Waals surface area contributed by atoms with Gasteiger partial charge in [0, 0.05) is 16.1 Å². The highest BCUT2D eigenvalue weighted by Gasteiger charge is 2.24. The number of nitrogens with zero attached hydrogens (tertiary/aromatic N) is 1. The summed E-state index contributed by atoms with van der Waals surface area (Å²) in [5, 5.41) is 21.3. The highest BCUT2D eigenvalue weighted by Crippen LogP contribution is 2.40. The minimum atomic E-state index is 0.110. The molecule has 4 heteroatoms. The molecule has 0 saturated heterocycles. The van der Waals surface area contributed by atoms with Gasteiger partial charge in [0.05, 0.1) is 5.69 Å². The lowest BCUT2D eigenvalue weighted by Crippen LogP contribution is -1.97. The van der Waals surface area contributed by atoms with E-state index in [-0.39, 0.29) is 11.8 Å². The van der Waals surface area contributed by atoms with Crippen LogP contribution in [0.3, 0.4) is 0 Å². The molecule has 0 bridgehead atoms. The summed E-state index contributed by atoms with van der Waals surface area (Å²) in [5.41, 5.74) is 3.52. The average Bonchev–Trinajstić information content (AvgIpc) is 2.63. The summed E-state index contributed by atoms with van der Waals surface area (Å²) in [5.74, 6) is 0.223. The first-order valence-corrected chi connectivity index (χ1v) is 6.51. The number of fused-ring (bicyclic) bond motifs is 1. The van der Waals surface area contributed by atoms with Crippen LogP contribution in [0.15, 0.2) is 35.9 Å². The highest BCUT2D eigenvalue weighted by atomic mass is 35.5. The maximum atomic E-state index is 10.3. The quantitative estimate of drug-likeness (QED) is 0.781. The molecule has 0 spiro atoms. The molecular formula is C15H14ClNO2. The van der Waals surface area contributed by atoms with Crippen LogP contribution in [0.25, 0.3) is 5.69 Å². The molecule has 0 saturated carbocycles. The molecule has 2 aromatic rings. The predicted molar refractivity (Wildman–Crippen MR) is 75.3 cm³/mol. The molecule has 19 heavy (non-hydrogen) atoms. The fourth-order valence-corrected chi connectivity index (χ4v) is 2.63. The van der Waals surface area contributed by atoms with Crippen molar-refractivity contribution in [2.75, 3.05) is 0 Å². The summed E-state index contributed by atoms with van der Waals surface area (Å²) in [4.78, 5) is 0. The summed E-state index contributed by atoms with van der Waals surface area (Å²) >= 11 is 5.86. The minimum Gasteiger partial charge on any atom is -0.494 e. The van der Waals surface area contributed by atoms with Gasteiger partial charge >= 0.3 is 0 Å². The number of benzene rings is 1. The molecule has 98 valence electrons. The molecule has 0 amide bonds. The molecule has 1 aliphatic carbocycles. The van der Waals surface area contributed by atoms with Crippen molar-refractivity contribution in [3.8, 4) is 17.4 Å². The van der Waals surface area contributed by atoms with Gasteiger partial charge in [0.25, 0.3) is 0 Å². The second-order valence-corrected chi connectivity index (χ2v) is 5.28. The monoisotopic (exact) mass is 275 g/mol. The van der Waals surface area contributed by atoms with Crippen LogP contribution in [0, 0.1) is 0 Å². The molecule has 0 fully saturated rings. The van der Waals surface area contributed by atoms with E-state index in [1.807, 2.05) is 6.92 Å². The van der Waals surface area contributed by atoms with E-state index in [2.05, 4.69) is 6.08 Å². The van der Waals surface area contributed by atoms with Crippen molar-refractivity contribution in [2.24, 2.45) is 0 Å². The second-order valence-electron chi connectivity index (χ2n) is 4.85. The van der Waals surface area contributed by atoms with Gasteiger partial charge in [0.2, 0.25) is 11.8 Å². The molecule has 1 aromatic carbocycles. The summed E-state index contributed by atoms with van der Waals surface area (Å²) in [6.07, 6.45) is 3.41. The number of halogens is 1. The molecule has 0 aliphatic heterocycles. The second kappa shape index (κ2) is 4.35. The predicted octanol–water partition coefficient (Wildman–Crippen LogP) is 3.59. The minimum absolute atomic E-state index is 0.110. The summed E-state index contributed by atoms with van der Waals surface area (Å²) in [7, 11) is 0.